The van der Waals surface area contributed by atoms with Gasteiger partial charge in [0.25, 0.3) is 0 Å². The van der Waals surface area contributed by atoms with Gasteiger partial charge in [-0.15, -0.1) is 0 Å². The first-order valence-corrected chi connectivity index (χ1v) is 5.18. The monoisotopic (exact) mass is 202 g/mol. The van der Waals surface area contributed by atoms with E-state index in [4.69, 9.17) is 10.5 Å². The molecule has 0 bridgehead atoms. The number of hydrogen-bond acceptors (Lipinski definition) is 3. The van der Waals surface area contributed by atoms with Gasteiger partial charge in [0, 0.05) is 19.6 Å². The number of amides is 1. The van der Waals surface area contributed by atoms with Crippen LogP contribution in [0.25, 0.3) is 0 Å². The maximum Gasteiger partial charge on any atom is 0.223 e. The fourth-order valence-corrected chi connectivity index (χ4v) is 1.35. The summed E-state index contributed by atoms with van der Waals surface area (Å²) in [5.74, 6) is 0.184. The van der Waals surface area contributed by atoms with Crippen LogP contribution in [-0.2, 0) is 9.53 Å². The number of hydrogen-bond donors (Lipinski definition) is 2. The number of rotatable bonds is 7. The summed E-state index contributed by atoms with van der Waals surface area (Å²) in [6, 6.07) is -0.0619. The molecule has 4 heteroatoms. The molecule has 1 atom stereocenters. The molecule has 1 amide bonds. The van der Waals surface area contributed by atoms with Crippen LogP contribution in [0.3, 0.4) is 0 Å². The minimum atomic E-state index is -0.0619. The summed E-state index contributed by atoms with van der Waals surface area (Å²) in [5.41, 5.74) is 5.50. The molecule has 0 saturated heterocycles. The number of carbonyl (C=O) groups excluding carboxylic acids is 1. The normalized spacial score (nSPS) is 12.9. The van der Waals surface area contributed by atoms with Gasteiger partial charge in [0.2, 0.25) is 5.91 Å². The first-order valence-electron chi connectivity index (χ1n) is 5.18. The topological polar surface area (TPSA) is 64.4 Å². The summed E-state index contributed by atoms with van der Waals surface area (Å²) in [7, 11) is 1.60. The van der Waals surface area contributed by atoms with Crippen molar-refractivity contribution in [3.8, 4) is 0 Å². The lowest BCUT2D eigenvalue weighted by atomic mass is 10.0. The maximum absolute atomic E-state index is 11.6. The van der Waals surface area contributed by atoms with Crippen LogP contribution in [0.2, 0.25) is 0 Å². The average molecular weight is 202 g/mol. The number of ether oxygens (including phenoxy) is 1. The summed E-state index contributed by atoms with van der Waals surface area (Å²) >= 11 is 0. The molecule has 0 heterocycles. The number of nitrogens with one attached hydrogen (secondary N) is 1. The Balaban J connectivity index is 3.99. The van der Waals surface area contributed by atoms with Gasteiger partial charge in [-0.3, -0.25) is 4.79 Å². The lowest BCUT2D eigenvalue weighted by molar-refractivity contribution is -0.126. The molecule has 0 aromatic heterocycles. The number of carbonyl (C=O) groups is 1. The highest BCUT2D eigenvalue weighted by Crippen LogP contribution is 2.07. The molecule has 0 aromatic rings. The zero-order chi connectivity index (χ0) is 11.0. The van der Waals surface area contributed by atoms with Crippen molar-refractivity contribution < 1.29 is 9.53 Å². The van der Waals surface area contributed by atoms with E-state index in [0.29, 0.717) is 13.2 Å². The van der Waals surface area contributed by atoms with Crippen LogP contribution < -0.4 is 11.1 Å². The predicted octanol–water partition coefficient (Wildman–Crippen LogP) is 0.513. The lowest BCUT2D eigenvalue weighted by Crippen LogP contribution is -2.45. The Morgan fingerprint density at radius 2 is 2.00 bits per heavy atom. The van der Waals surface area contributed by atoms with E-state index >= 15 is 0 Å². The van der Waals surface area contributed by atoms with Gasteiger partial charge in [-0.2, -0.15) is 0 Å². The summed E-state index contributed by atoms with van der Waals surface area (Å²) < 4.78 is 4.95. The zero-order valence-corrected chi connectivity index (χ0v) is 9.38. The highest BCUT2D eigenvalue weighted by atomic mass is 16.5. The van der Waals surface area contributed by atoms with Crippen LogP contribution in [0.4, 0.5) is 0 Å². The van der Waals surface area contributed by atoms with Crippen molar-refractivity contribution in [2.45, 2.75) is 32.7 Å². The zero-order valence-electron chi connectivity index (χ0n) is 9.38. The fraction of sp³-hybridized carbons (Fsp3) is 0.900. The van der Waals surface area contributed by atoms with E-state index in [2.05, 4.69) is 5.32 Å². The van der Waals surface area contributed by atoms with Gasteiger partial charge >= 0.3 is 0 Å². The summed E-state index contributed by atoms with van der Waals surface area (Å²) in [4.78, 5) is 11.6. The Bertz CT molecular complexity index is 158. The molecule has 0 fully saturated rings. The van der Waals surface area contributed by atoms with Gasteiger partial charge in [-0.25, -0.2) is 0 Å². The van der Waals surface area contributed by atoms with E-state index < -0.39 is 0 Å². The largest absolute Gasteiger partial charge is 0.383 e. The van der Waals surface area contributed by atoms with Crippen LogP contribution >= 0.6 is 0 Å². The highest BCUT2D eigenvalue weighted by molar-refractivity contribution is 5.78. The fourth-order valence-electron chi connectivity index (χ4n) is 1.35. The van der Waals surface area contributed by atoms with Gasteiger partial charge in [0.15, 0.2) is 0 Å². The first kappa shape index (κ1) is 13.4. The smallest absolute Gasteiger partial charge is 0.223 e. The van der Waals surface area contributed by atoms with Crippen molar-refractivity contribution in [3.63, 3.8) is 0 Å². The van der Waals surface area contributed by atoms with Crippen LogP contribution in [0, 0.1) is 5.92 Å². The Labute approximate surface area is 86.2 Å². The third-order valence-corrected chi connectivity index (χ3v) is 2.36. The molecule has 1 unspecified atom stereocenters. The third-order valence-electron chi connectivity index (χ3n) is 2.36. The molecule has 0 aromatic carbocycles. The van der Waals surface area contributed by atoms with Gasteiger partial charge in [0.05, 0.1) is 12.6 Å². The SMILES string of the molecule is CCC(CC)C(=O)NC(CN)COC. The average Bonchev–Trinajstić information content (AvgIpc) is 2.19. The molecule has 0 aliphatic rings. The molecule has 4 nitrogen and oxygen atoms in total. The predicted molar refractivity (Wildman–Crippen MR) is 56.9 cm³/mol. The first-order chi connectivity index (χ1) is 6.69. The van der Waals surface area contributed by atoms with Crippen LogP contribution in [0.15, 0.2) is 0 Å². The standard InChI is InChI=1S/C10H22N2O2/c1-4-8(5-2)10(13)12-9(6-11)7-14-3/h8-9H,4-7,11H2,1-3H3,(H,12,13). The Morgan fingerprint density at radius 1 is 1.43 bits per heavy atom. The summed E-state index contributed by atoms with van der Waals surface area (Å²) in [6.45, 7) is 4.92. The van der Waals surface area contributed by atoms with Crippen molar-refractivity contribution >= 4 is 5.91 Å². The van der Waals surface area contributed by atoms with Crippen molar-refractivity contribution in [1.29, 1.82) is 0 Å². The quantitative estimate of drug-likeness (QED) is 0.632. The minimum Gasteiger partial charge on any atom is -0.383 e. The molecule has 0 aliphatic carbocycles. The van der Waals surface area contributed by atoms with E-state index in [1.807, 2.05) is 13.8 Å². The number of nitrogens with two attached hydrogens (primary N) is 1. The van der Waals surface area contributed by atoms with E-state index in [1.54, 1.807) is 7.11 Å². The summed E-state index contributed by atoms with van der Waals surface area (Å²) in [6.07, 6.45) is 1.74. The van der Waals surface area contributed by atoms with E-state index in [9.17, 15) is 4.79 Å². The van der Waals surface area contributed by atoms with Crippen LogP contribution in [0.1, 0.15) is 26.7 Å². The molecule has 14 heavy (non-hydrogen) atoms. The maximum atomic E-state index is 11.6. The second-order valence-corrected chi connectivity index (χ2v) is 3.41. The molecule has 0 saturated carbocycles. The van der Waals surface area contributed by atoms with Crippen LogP contribution in [0.5, 0.6) is 0 Å². The second kappa shape index (κ2) is 7.76. The van der Waals surface area contributed by atoms with Crippen molar-refractivity contribution in [2.75, 3.05) is 20.3 Å². The number of methoxy groups -OCH3 is 1. The Kier molecular flexibility index (Phi) is 7.42. The van der Waals surface area contributed by atoms with Gasteiger partial charge in [-0.1, -0.05) is 13.8 Å². The van der Waals surface area contributed by atoms with E-state index in [1.165, 1.54) is 0 Å². The molecule has 84 valence electrons. The minimum absolute atomic E-state index is 0.0619. The van der Waals surface area contributed by atoms with Crippen molar-refractivity contribution in [2.24, 2.45) is 11.7 Å². The molecule has 0 rings (SSSR count). The van der Waals surface area contributed by atoms with Gasteiger partial charge in [-0.05, 0) is 12.8 Å². The Morgan fingerprint density at radius 3 is 2.36 bits per heavy atom. The molecule has 0 aliphatic heterocycles. The molecule has 3 N–H and O–H groups in total. The van der Waals surface area contributed by atoms with E-state index in [0.717, 1.165) is 12.8 Å². The molecule has 0 spiro atoms. The lowest BCUT2D eigenvalue weighted by Gasteiger charge is -2.19. The highest BCUT2D eigenvalue weighted by Gasteiger charge is 2.17. The van der Waals surface area contributed by atoms with Crippen LogP contribution in [-0.4, -0.2) is 32.2 Å². The molecule has 0 radical (unpaired) electrons. The van der Waals surface area contributed by atoms with Crippen molar-refractivity contribution in [3.05, 3.63) is 0 Å². The molecular formula is C10H22N2O2. The van der Waals surface area contributed by atoms with Gasteiger partial charge in [0.1, 0.15) is 0 Å². The van der Waals surface area contributed by atoms with Crippen molar-refractivity contribution in [1.82, 2.24) is 5.32 Å². The molecular weight excluding hydrogens is 180 g/mol. The van der Waals surface area contributed by atoms with E-state index in [-0.39, 0.29) is 17.9 Å². The van der Waals surface area contributed by atoms with Gasteiger partial charge < -0.3 is 15.8 Å². The second-order valence-electron chi connectivity index (χ2n) is 3.41. The summed E-state index contributed by atoms with van der Waals surface area (Å²) in [5, 5.41) is 2.88. The third kappa shape index (κ3) is 4.58. The Hall–Kier alpha value is -0.610.